The average Bonchev–Trinajstić information content (AvgIpc) is 2.65. The van der Waals surface area contributed by atoms with Crippen molar-refractivity contribution in [3.05, 3.63) is 71.5 Å². The SMILES string of the molecule is CC.CCOC(=O)C(=O)N(Cc1ccccc1)Cc1ccc(F)cc1. The lowest BCUT2D eigenvalue weighted by molar-refractivity contribution is -0.160. The summed E-state index contributed by atoms with van der Waals surface area (Å²) in [6.07, 6.45) is 0. The van der Waals surface area contributed by atoms with Gasteiger partial charge in [-0.2, -0.15) is 0 Å². The Balaban J connectivity index is 0.00000151. The van der Waals surface area contributed by atoms with Crippen molar-refractivity contribution in [3.8, 4) is 0 Å². The van der Waals surface area contributed by atoms with E-state index < -0.39 is 11.9 Å². The number of amides is 1. The molecule has 2 rings (SSSR count). The Morgan fingerprint density at radius 3 is 1.96 bits per heavy atom. The van der Waals surface area contributed by atoms with Gasteiger partial charge in [0.15, 0.2) is 0 Å². The first-order valence-electron chi connectivity index (χ1n) is 8.34. The van der Waals surface area contributed by atoms with E-state index in [4.69, 9.17) is 4.74 Å². The van der Waals surface area contributed by atoms with E-state index in [1.54, 1.807) is 19.1 Å². The van der Waals surface area contributed by atoms with Gasteiger partial charge in [-0.3, -0.25) is 4.79 Å². The Hall–Kier alpha value is -2.69. The van der Waals surface area contributed by atoms with Gasteiger partial charge in [0.25, 0.3) is 0 Å². The van der Waals surface area contributed by atoms with Crippen molar-refractivity contribution in [2.24, 2.45) is 0 Å². The van der Waals surface area contributed by atoms with Crippen LogP contribution in [0.25, 0.3) is 0 Å². The minimum atomic E-state index is -0.884. The Morgan fingerprint density at radius 2 is 1.44 bits per heavy atom. The first-order valence-corrected chi connectivity index (χ1v) is 8.34. The largest absolute Gasteiger partial charge is 0.459 e. The van der Waals surface area contributed by atoms with E-state index in [-0.39, 0.29) is 25.5 Å². The number of carbonyl (C=O) groups is 2. The van der Waals surface area contributed by atoms with E-state index in [9.17, 15) is 14.0 Å². The van der Waals surface area contributed by atoms with Gasteiger partial charge < -0.3 is 9.64 Å². The maximum atomic E-state index is 13.0. The van der Waals surface area contributed by atoms with Crippen molar-refractivity contribution in [3.63, 3.8) is 0 Å². The summed E-state index contributed by atoms with van der Waals surface area (Å²) in [5, 5.41) is 0. The summed E-state index contributed by atoms with van der Waals surface area (Å²) in [6, 6.07) is 15.2. The number of benzene rings is 2. The summed E-state index contributed by atoms with van der Waals surface area (Å²) in [4.78, 5) is 25.4. The van der Waals surface area contributed by atoms with Gasteiger partial charge in [-0.15, -0.1) is 0 Å². The molecule has 1 amide bonds. The van der Waals surface area contributed by atoms with Crippen LogP contribution in [-0.4, -0.2) is 23.4 Å². The summed E-state index contributed by atoms with van der Waals surface area (Å²) in [7, 11) is 0. The molecule has 0 saturated heterocycles. The number of esters is 1. The smallest absolute Gasteiger partial charge is 0.397 e. The maximum Gasteiger partial charge on any atom is 0.397 e. The van der Waals surface area contributed by atoms with Crippen molar-refractivity contribution in [2.75, 3.05) is 6.61 Å². The first-order chi connectivity index (χ1) is 12.1. The Labute approximate surface area is 148 Å². The Morgan fingerprint density at radius 1 is 0.920 bits per heavy atom. The fraction of sp³-hybridized carbons (Fsp3) is 0.300. The number of hydrogen-bond donors (Lipinski definition) is 0. The van der Waals surface area contributed by atoms with Gasteiger partial charge in [-0.25, -0.2) is 9.18 Å². The molecule has 25 heavy (non-hydrogen) atoms. The Bertz CT molecular complexity index is 656. The van der Waals surface area contributed by atoms with E-state index >= 15 is 0 Å². The summed E-state index contributed by atoms with van der Waals surface area (Å²) >= 11 is 0. The molecule has 0 unspecified atom stereocenters. The lowest BCUT2D eigenvalue weighted by Crippen LogP contribution is -2.36. The average molecular weight is 345 g/mol. The maximum absolute atomic E-state index is 13.0. The fourth-order valence-corrected chi connectivity index (χ4v) is 2.14. The summed E-state index contributed by atoms with van der Waals surface area (Å²) in [5.41, 5.74) is 1.63. The first kappa shape index (κ1) is 20.4. The quantitative estimate of drug-likeness (QED) is 0.609. The van der Waals surface area contributed by atoms with Crippen molar-refractivity contribution < 1.29 is 18.7 Å². The monoisotopic (exact) mass is 345 g/mol. The molecule has 0 aromatic heterocycles. The van der Waals surface area contributed by atoms with Gasteiger partial charge in [0.05, 0.1) is 6.61 Å². The highest BCUT2D eigenvalue weighted by atomic mass is 19.1. The van der Waals surface area contributed by atoms with Crippen molar-refractivity contribution in [1.82, 2.24) is 4.90 Å². The van der Waals surface area contributed by atoms with Gasteiger partial charge in [-0.05, 0) is 30.2 Å². The standard InChI is InChI=1S/C18H18FNO3.C2H6/c1-2-23-18(22)17(21)20(12-14-6-4-3-5-7-14)13-15-8-10-16(19)11-9-15;1-2/h3-11H,2,12-13H2,1H3;1-2H3. The van der Waals surface area contributed by atoms with Crippen LogP contribution in [0.2, 0.25) is 0 Å². The van der Waals surface area contributed by atoms with Crippen LogP contribution in [0.5, 0.6) is 0 Å². The number of ether oxygens (including phenoxy) is 1. The second-order valence-corrected chi connectivity index (χ2v) is 4.99. The molecular weight excluding hydrogens is 321 g/mol. The minimum Gasteiger partial charge on any atom is -0.459 e. The minimum absolute atomic E-state index is 0.139. The van der Waals surface area contributed by atoms with Gasteiger partial charge >= 0.3 is 11.9 Å². The molecule has 0 N–H and O–H groups in total. The molecule has 0 bridgehead atoms. The molecule has 0 radical (unpaired) electrons. The second kappa shape index (κ2) is 11.0. The third-order valence-electron chi connectivity index (χ3n) is 3.24. The molecule has 0 aliphatic heterocycles. The third-order valence-corrected chi connectivity index (χ3v) is 3.24. The number of carbonyl (C=O) groups excluding carboxylic acids is 2. The molecule has 0 fully saturated rings. The van der Waals surface area contributed by atoms with Crippen molar-refractivity contribution in [2.45, 2.75) is 33.9 Å². The third kappa shape index (κ3) is 6.75. The topological polar surface area (TPSA) is 46.6 Å². The molecule has 4 nitrogen and oxygen atoms in total. The van der Waals surface area contributed by atoms with E-state index in [0.717, 1.165) is 11.1 Å². The predicted octanol–water partition coefficient (Wildman–Crippen LogP) is 3.94. The van der Waals surface area contributed by atoms with E-state index in [2.05, 4.69) is 0 Å². The second-order valence-electron chi connectivity index (χ2n) is 4.99. The molecule has 5 heteroatoms. The molecule has 134 valence electrons. The van der Waals surface area contributed by atoms with Gasteiger partial charge in [0, 0.05) is 13.1 Å². The fourth-order valence-electron chi connectivity index (χ4n) is 2.14. The highest BCUT2D eigenvalue weighted by molar-refractivity contribution is 6.32. The lowest BCUT2D eigenvalue weighted by Gasteiger charge is -2.22. The Kier molecular flexibility index (Phi) is 8.93. The highest BCUT2D eigenvalue weighted by Crippen LogP contribution is 2.12. The molecule has 0 heterocycles. The van der Waals surface area contributed by atoms with Crippen LogP contribution in [0.15, 0.2) is 54.6 Å². The van der Waals surface area contributed by atoms with Crippen LogP contribution < -0.4 is 0 Å². The van der Waals surface area contributed by atoms with Crippen LogP contribution >= 0.6 is 0 Å². The number of nitrogens with zero attached hydrogens (tertiary/aromatic N) is 1. The zero-order chi connectivity index (χ0) is 18.7. The molecule has 0 aliphatic carbocycles. The molecule has 2 aromatic carbocycles. The van der Waals surface area contributed by atoms with Crippen LogP contribution in [0, 0.1) is 5.82 Å². The highest BCUT2D eigenvalue weighted by Gasteiger charge is 2.23. The number of rotatable bonds is 5. The molecule has 0 saturated carbocycles. The van der Waals surface area contributed by atoms with Gasteiger partial charge in [0.2, 0.25) is 0 Å². The molecule has 2 aromatic rings. The zero-order valence-electron chi connectivity index (χ0n) is 14.9. The number of halogens is 1. The van der Waals surface area contributed by atoms with Crippen LogP contribution in [0.4, 0.5) is 4.39 Å². The van der Waals surface area contributed by atoms with E-state index in [0.29, 0.717) is 0 Å². The normalized spacial score (nSPS) is 9.60. The van der Waals surface area contributed by atoms with Crippen LogP contribution in [0.1, 0.15) is 31.9 Å². The van der Waals surface area contributed by atoms with Crippen molar-refractivity contribution in [1.29, 1.82) is 0 Å². The van der Waals surface area contributed by atoms with E-state index in [1.165, 1.54) is 17.0 Å². The van der Waals surface area contributed by atoms with Gasteiger partial charge in [0.1, 0.15) is 5.82 Å². The van der Waals surface area contributed by atoms with Crippen LogP contribution in [0.3, 0.4) is 0 Å². The molecule has 0 spiro atoms. The van der Waals surface area contributed by atoms with Crippen molar-refractivity contribution >= 4 is 11.9 Å². The summed E-state index contributed by atoms with van der Waals surface area (Å²) in [6.45, 7) is 6.26. The number of hydrogen-bond acceptors (Lipinski definition) is 3. The van der Waals surface area contributed by atoms with E-state index in [1.807, 2.05) is 44.2 Å². The zero-order valence-corrected chi connectivity index (χ0v) is 14.9. The predicted molar refractivity (Wildman–Crippen MR) is 95.1 cm³/mol. The molecule has 0 aliphatic rings. The van der Waals surface area contributed by atoms with Gasteiger partial charge in [-0.1, -0.05) is 56.3 Å². The summed E-state index contributed by atoms with van der Waals surface area (Å²) in [5.74, 6) is -1.94. The lowest BCUT2D eigenvalue weighted by atomic mass is 10.1. The molecular formula is C20H24FNO3. The van der Waals surface area contributed by atoms with Crippen LogP contribution in [-0.2, 0) is 27.4 Å². The molecule has 0 atom stereocenters. The summed E-state index contributed by atoms with van der Waals surface area (Å²) < 4.78 is 17.8.